The van der Waals surface area contributed by atoms with Crippen molar-refractivity contribution in [3.8, 4) is 0 Å². The maximum absolute atomic E-state index is 4.76. The maximum atomic E-state index is 4.76. The molecule has 1 nitrogen and oxygen atoms in total. The molecular weight excluding hydrogens is 343 g/mol. The van der Waals surface area contributed by atoms with E-state index in [2.05, 4.69) is 0 Å². The van der Waals surface area contributed by atoms with Crippen molar-refractivity contribution in [2.75, 3.05) is 13.1 Å². The summed E-state index contributed by atoms with van der Waals surface area (Å²) in [5.41, 5.74) is 0. The second-order valence-electron chi connectivity index (χ2n) is 1.44. The molecule has 0 bridgehead atoms. The van der Waals surface area contributed by atoms with Crippen LogP contribution >= 0.6 is 12.2 Å². The SMILES string of the molecule is CCN(CC)C(=S)[S-].[Tl+]. The number of nitrogens with zero attached hydrogens (tertiary/aromatic N) is 1. The van der Waals surface area contributed by atoms with Crippen LogP contribution in [0.25, 0.3) is 0 Å². The standard InChI is InChI=1S/C5H11NS2.Tl/c1-3-6(4-2)5(7)8;/h3-4H2,1-2H3,(H,7,8);/q;+1/p-1. The fourth-order valence-corrected chi connectivity index (χ4v) is 0.998. The molecule has 0 unspecified atom stereocenters. The summed E-state index contributed by atoms with van der Waals surface area (Å²) in [5.74, 6) is 0. The smallest absolute Gasteiger partial charge is 0.411 e. The van der Waals surface area contributed by atoms with Gasteiger partial charge in [0.1, 0.15) is 0 Å². The quantitative estimate of drug-likeness (QED) is 0.411. The van der Waals surface area contributed by atoms with Gasteiger partial charge in [0.2, 0.25) is 0 Å². The zero-order chi connectivity index (χ0) is 6.57. The Morgan fingerprint density at radius 1 is 1.44 bits per heavy atom. The van der Waals surface area contributed by atoms with Gasteiger partial charge >= 0.3 is 27.3 Å². The van der Waals surface area contributed by atoms with Gasteiger partial charge in [0.25, 0.3) is 0 Å². The Hall–Kier alpha value is 1.03. The van der Waals surface area contributed by atoms with E-state index in [9.17, 15) is 0 Å². The largest absolute Gasteiger partial charge is 1.00 e. The number of hydrogen-bond acceptors (Lipinski definition) is 2. The Labute approximate surface area is 87.8 Å². The van der Waals surface area contributed by atoms with Crippen LogP contribution in [0.3, 0.4) is 0 Å². The Morgan fingerprint density at radius 2 is 1.78 bits per heavy atom. The first-order chi connectivity index (χ1) is 3.72. The van der Waals surface area contributed by atoms with E-state index in [-0.39, 0.29) is 27.3 Å². The van der Waals surface area contributed by atoms with Gasteiger partial charge in [-0.05, 0) is 13.8 Å². The molecule has 9 heavy (non-hydrogen) atoms. The van der Waals surface area contributed by atoms with E-state index in [1.165, 1.54) is 0 Å². The van der Waals surface area contributed by atoms with Gasteiger partial charge in [0.15, 0.2) is 0 Å². The number of thiocarbonyl (C=S) groups is 1. The van der Waals surface area contributed by atoms with Crippen LogP contribution in [0.2, 0.25) is 0 Å². The average Bonchev–Trinajstić information content (AvgIpc) is 1.69. The van der Waals surface area contributed by atoms with Crippen LogP contribution in [0, 0.1) is 0 Å². The predicted octanol–water partition coefficient (Wildman–Crippen LogP) is 0.779. The van der Waals surface area contributed by atoms with Gasteiger partial charge in [-0.25, -0.2) is 0 Å². The minimum absolute atomic E-state index is 0. The predicted molar refractivity (Wildman–Crippen MR) is 48.6 cm³/mol. The first kappa shape index (κ1) is 12.7. The van der Waals surface area contributed by atoms with Crippen LogP contribution in [0.5, 0.6) is 0 Å². The van der Waals surface area contributed by atoms with Gasteiger partial charge < -0.3 is 29.7 Å². The fourth-order valence-electron chi connectivity index (χ4n) is 0.482. The van der Waals surface area contributed by atoms with E-state index in [1.807, 2.05) is 18.7 Å². The van der Waals surface area contributed by atoms with Gasteiger partial charge in [-0.2, -0.15) is 0 Å². The molecule has 0 heterocycles. The average molecular weight is 353 g/mol. The molecule has 0 aromatic carbocycles. The normalized spacial score (nSPS) is 7.78. The third kappa shape index (κ3) is 5.47. The second-order valence-corrected chi connectivity index (χ2v) is 2.47. The summed E-state index contributed by atoms with van der Waals surface area (Å²) in [4.78, 5) is 1.96. The number of hydrogen-bond donors (Lipinski definition) is 0. The van der Waals surface area contributed by atoms with E-state index in [0.717, 1.165) is 13.1 Å². The van der Waals surface area contributed by atoms with Crippen LogP contribution in [0.4, 0.5) is 0 Å². The molecule has 0 aromatic heterocycles. The van der Waals surface area contributed by atoms with E-state index in [1.54, 1.807) is 0 Å². The van der Waals surface area contributed by atoms with Crippen LogP contribution in [0.15, 0.2) is 0 Å². The topological polar surface area (TPSA) is 3.24 Å². The summed E-state index contributed by atoms with van der Waals surface area (Å²) in [7, 11) is 0. The van der Waals surface area contributed by atoms with Crippen molar-refractivity contribution >= 4 is 56.5 Å². The number of rotatable bonds is 2. The summed E-state index contributed by atoms with van der Waals surface area (Å²) in [6.45, 7) is 5.95. The molecule has 0 aromatic rings. The Kier molecular flexibility index (Phi) is 10.1. The van der Waals surface area contributed by atoms with E-state index >= 15 is 0 Å². The van der Waals surface area contributed by atoms with E-state index < -0.39 is 0 Å². The molecule has 0 amide bonds. The molecule has 0 spiro atoms. The summed E-state index contributed by atoms with van der Waals surface area (Å²) >= 11 is 9.51. The van der Waals surface area contributed by atoms with Crippen LogP contribution in [-0.4, -0.2) is 49.6 Å². The Bertz CT molecular complexity index is 83.0. The van der Waals surface area contributed by atoms with Crippen molar-refractivity contribution in [1.29, 1.82) is 0 Å². The molecule has 0 saturated heterocycles. The first-order valence-corrected chi connectivity index (χ1v) is 3.50. The minimum Gasteiger partial charge on any atom is -0.411 e. The first-order valence-electron chi connectivity index (χ1n) is 2.68. The van der Waals surface area contributed by atoms with Crippen molar-refractivity contribution in [3.05, 3.63) is 0 Å². The molecule has 0 radical (unpaired) electrons. The van der Waals surface area contributed by atoms with Crippen LogP contribution in [-0.2, 0) is 12.6 Å². The van der Waals surface area contributed by atoms with Gasteiger partial charge in [0.05, 0.1) is 0 Å². The molecule has 0 aliphatic rings. The van der Waals surface area contributed by atoms with Gasteiger partial charge in [-0.15, -0.1) is 0 Å². The maximum Gasteiger partial charge on any atom is 1.00 e. The molecule has 4 heteroatoms. The Morgan fingerprint density at radius 3 is 1.78 bits per heavy atom. The summed E-state index contributed by atoms with van der Waals surface area (Å²) in [6.07, 6.45) is 0. The molecular formula is C5H10NS2Tl. The minimum atomic E-state index is 0. The molecule has 0 atom stereocenters. The van der Waals surface area contributed by atoms with Crippen molar-refractivity contribution in [1.82, 2.24) is 4.90 Å². The zero-order valence-corrected chi connectivity index (χ0v) is 11.9. The van der Waals surface area contributed by atoms with Crippen molar-refractivity contribution < 1.29 is 0 Å². The van der Waals surface area contributed by atoms with Crippen molar-refractivity contribution in [2.45, 2.75) is 13.8 Å². The summed E-state index contributed by atoms with van der Waals surface area (Å²) < 4.78 is 0.579. The van der Waals surface area contributed by atoms with Gasteiger partial charge in [0, 0.05) is 13.1 Å². The third-order valence-corrected chi connectivity index (χ3v) is 1.54. The molecule has 0 aliphatic heterocycles. The monoisotopic (exact) mass is 353 g/mol. The summed E-state index contributed by atoms with van der Waals surface area (Å²) in [6, 6.07) is 0. The third-order valence-electron chi connectivity index (χ3n) is 1.02. The van der Waals surface area contributed by atoms with Crippen molar-refractivity contribution in [2.24, 2.45) is 0 Å². The molecule has 50 valence electrons. The molecule has 0 aliphatic carbocycles. The second kappa shape index (κ2) is 7.14. The van der Waals surface area contributed by atoms with Crippen LogP contribution < -0.4 is 0 Å². The zero-order valence-electron chi connectivity index (χ0n) is 5.76. The van der Waals surface area contributed by atoms with Crippen LogP contribution in [0.1, 0.15) is 13.8 Å². The van der Waals surface area contributed by atoms with Crippen molar-refractivity contribution in [3.63, 3.8) is 0 Å². The van der Waals surface area contributed by atoms with E-state index in [4.69, 9.17) is 24.8 Å². The van der Waals surface area contributed by atoms with Gasteiger partial charge in [-0.3, -0.25) is 0 Å². The molecule has 0 N–H and O–H groups in total. The molecule has 0 saturated carbocycles. The molecule has 0 fully saturated rings. The molecule has 0 rings (SSSR count). The Balaban J connectivity index is 0. The van der Waals surface area contributed by atoms with Gasteiger partial charge in [-0.1, -0.05) is 4.32 Å². The summed E-state index contributed by atoms with van der Waals surface area (Å²) in [5, 5.41) is 0. The van der Waals surface area contributed by atoms with E-state index in [0.29, 0.717) is 4.32 Å². The fraction of sp³-hybridized carbons (Fsp3) is 0.800.